The molecule has 0 radical (unpaired) electrons. The van der Waals surface area contributed by atoms with E-state index in [4.69, 9.17) is 4.42 Å². The van der Waals surface area contributed by atoms with E-state index in [1.54, 1.807) is 6.07 Å². The third-order valence-corrected chi connectivity index (χ3v) is 6.08. The minimum Gasteiger partial charge on any atom is -0.415 e. The van der Waals surface area contributed by atoms with Gasteiger partial charge in [-0.1, -0.05) is 24.3 Å². The molecule has 4 aromatic rings. The van der Waals surface area contributed by atoms with Gasteiger partial charge in [-0.05, 0) is 47.0 Å². The number of aliphatic hydroxyl groups excluding tert-OH is 1. The number of aliphatic hydroxyl groups is 1. The number of nitrogens with zero attached hydrogens (tertiary/aromatic N) is 4. The normalized spacial score (nSPS) is 15.2. The molecule has 7 nitrogen and oxygen atoms in total. The van der Waals surface area contributed by atoms with Gasteiger partial charge in [-0.3, -0.25) is 9.78 Å². The fraction of sp³-hybridized carbons (Fsp3) is 0.200. The molecule has 3 heterocycles. The van der Waals surface area contributed by atoms with Crippen LogP contribution in [0.3, 0.4) is 0 Å². The van der Waals surface area contributed by atoms with Crippen molar-refractivity contribution in [3.63, 3.8) is 0 Å². The molecular formula is C25H16F6N4O3. The van der Waals surface area contributed by atoms with Gasteiger partial charge in [0.2, 0.25) is 5.89 Å². The average Bonchev–Trinajstić information content (AvgIpc) is 3.50. The van der Waals surface area contributed by atoms with E-state index in [0.717, 1.165) is 30.5 Å². The van der Waals surface area contributed by atoms with Crippen molar-refractivity contribution in [1.82, 2.24) is 20.1 Å². The summed E-state index contributed by atoms with van der Waals surface area (Å²) in [7, 11) is 0. The fourth-order valence-corrected chi connectivity index (χ4v) is 4.24. The zero-order chi connectivity index (χ0) is 27.2. The SMILES string of the molecule is O=C1c2cc(-c3nnc(C(F)F)o3)ccc2CN1[C@H](c1ccc(C(F)(F)F)nc1)[C@@H](O)c1ccc(F)cc1. The molecule has 2 aromatic heterocycles. The van der Waals surface area contributed by atoms with Crippen LogP contribution in [-0.2, 0) is 12.7 Å². The van der Waals surface area contributed by atoms with E-state index in [0.29, 0.717) is 5.56 Å². The van der Waals surface area contributed by atoms with Gasteiger partial charge in [0.15, 0.2) is 0 Å². The first-order valence-electron chi connectivity index (χ1n) is 11.1. The fourth-order valence-electron chi connectivity index (χ4n) is 4.24. The maximum absolute atomic E-state index is 13.5. The molecule has 1 N–H and O–H groups in total. The average molecular weight is 534 g/mol. The van der Waals surface area contributed by atoms with Crippen molar-refractivity contribution in [1.29, 1.82) is 0 Å². The molecule has 196 valence electrons. The highest BCUT2D eigenvalue weighted by atomic mass is 19.4. The summed E-state index contributed by atoms with van der Waals surface area (Å²) in [5.74, 6) is -2.28. The summed E-state index contributed by atoms with van der Waals surface area (Å²) < 4.78 is 83.3. The first-order valence-corrected chi connectivity index (χ1v) is 11.1. The van der Waals surface area contributed by atoms with Crippen LogP contribution in [0.2, 0.25) is 0 Å². The molecule has 0 unspecified atom stereocenters. The molecule has 1 aliphatic rings. The number of carbonyl (C=O) groups excluding carboxylic acids is 1. The minimum atomic E-state index is -4.70. The lowest BCUT2D eigenvalue weighted by atomic mass is 9.95. The third kappa shape index (κ3) is 4.72. The van der Waals surface area contributed by atoms with Crippen molar-refractivity contribution in [2.24, 2.45) is 0 Å². The number of hydrogen-bond donors (Lipinski definition) is 1. The van der Waals surface area contributed by atoms with Gasteiger partial charge in [0, 0.05) is 23.9 Å². The van der Waals surface area contributed by atoms with Crippen LogP contribution in [0.5, 0.6) is 0 Å². The minimum absolute atomic E-state index is 0.0372. The van der Waals surface area contributed by atoms with Crippen LogP contribution in [0.1, 0.15) is 57.2 Å². The van der Waals surface area contributed by atoms with Crippen molar-refractivity contribution < 1.29 is 40.7 Å². The van der Waals surface area contributed by atoms with Gasteiger partial charge < -0.3 is 14.4 Å². The number of aromatic nitrogens is 3. The molecule has 1 amide bonds. The number of halogens is 6. The van der Waals surface area contributed by atoms with E-state index in [1.807, 2.05) is 0 Å². The Kier molecular flexibility index (Phi) is 6.39. The van der Waals surface area contributed by atoms with E-state index >= 15 is 0 Å². The molecule has 0 saturated heterocycles. The van der Waals surface area contributed by atoms with Gasteiger partial charge in [-0.15, -0.1) is 10.2 Å². The molecule has 0 saturated carbocycles. The number of alkyl halides is 5. The zero-order valence-electron chi connectivity index (χ0n) is 19.0. The molecule has 13 heteroatoms. The van der Waals surface area contributed by atoms with Crippen molar-refractivity contribution in [2.45, 2.75) is 31.3 Å². The lowest BCUT2D eigenvalue weighted by Gasteiger charge is -2.32. The van der Waals surface area contributed by atoms with E-state index in [1.165, 1.54) is 29.2 Å². The van der Waals surface area contributed by atoms with Gasteiger partial charge in [0.25, 0.3) is 11.8 Å². The van der Waals surface area contributed by atoms with Crippen molar-refractivity contribution in [3.05, 3.63) is 100 Å². The molecule has 2 aromatic carbocycles. The summed E-state index contributed by atoms with van der Waals surface area (Å²) in [5, 5.41) is 18.1. The summed E-state index contributed by atoms with van der Waals surface area (Å²) >= 11 is 0. The van der Waals surface area contributed by atoms with Crippen LogP contribution in [0.15, 0.2) is 65.2 Å². The Morgan fingerprint density at radius 2 is 1.68 bits per heavy atom. The van der Waals surface area contributed by atoms with Crippen LogP contribution in [0.25, 0.3) is 11.5 Å². The van der Waals surface area contributed by atoms with Crippen molar-refractivity contribution >= 4 is 5.91 Å². The third-order valence-electron chi connectivity index (χ3n) is 6.08. The zero-order valence-corrected chi connectivity index (χ0v) is 19.0. The number of fused-ring (bicyclic) bond motifs is 1. The topological polar surface area (TPSA) is 92.4 Å². The monoisotopic (exact) mass is 534 g/mol. The second kappa shape index (κ2) is 9.56. The van der Waals surface area contributed by atoms with Crippen molar-refractivity contribution in [3.8, 4) is 11.5 Å². The number of benzene rings is 2. The van der Waals surface area contributed by atoms with Crippen LogP contribution in [0.4, 0.5) is 26.3 Å². The molecule has 0 aliphatic carbocycles. The molecule has 2 atom stereocenters. The predicted molar refractivity (Wildman–Crippen MR) is 118 cm³/mol. The first kappa shape index (κ1) is 25.4. The van der Waals surface area contributed by atoms with E-state index < -0.39 is 48.1 Å². The van der Waals surface area contributed by atoms with Gasteiger partial charge in [0.05, 0.1) is 6.04 Å². The van der Waals surface area contributed by atoms with E-state index in [9.17, 15) is 36.2 Å². The summed E-state index contributed by atoms with van der Waals surface area (Å²) in [6.07, 6.45) is -8.21. The Balaban J connectivity index is 1.52. The first-order chi connectivity index (χ1) is 18.0. The molecule has 0 spiro atoms. The highest BCUT2D eigenvalue weighted by Gasteiger charge is 2.39. The van der Waals surface area contributed by atoms with Crippen LogP contribution in [-0.4, -0.2) is 31.1 Å². The number of hydrogen-bond acceptors (Lipinski definition) is 6. The lowest BCUT2D eigenvalue weighted by molar-refractivity contribution is -0.141. The van der Waals surface area contributed by atoms with Gasteiger partial charge in [-0.25, -0.2) is 4.39 Å². The predicted octanol–water partition coefficient (Wildman–Crippen LogP) is 5.66. The van der Waals surface area contributed by atoms with E-state index in [-0.39, 0.29) is 34.7 Å². The van der Waals surface area contributed by atoms with Gasteiger partial charge >= 0.3 is 12.6 Å². The number of amides is 1. The van der Waals surface area contributed by atoms with Crippen molar-refractivity contribution in [2.75, 3.05) is 0 Å². The molecule has 5 rings (SSSR count). The quantitative estimate of drug-likeness (QED) is 0.321. The summed E-state index contributed by atoms with van der Waals surface area (Å²) in [4.78, 5) is 18.2. The van der Waals surface area contributed by atoms with Crippen LogP contribution < -0.4 is 0 Å². The van der Waals surface area contributed by atoms with Crippen LogP contribution in [0, 0.1) is 5.82 Å². The standard InChI is InChI=1S/C25H16F6N4O3/c26-16-6-3-12(4-7-16)20(36)19(14-5-8-18(32-10-14)25(29,30)31)35-11-15-2-1-13(9-17(15)24(35)37)22-33-34-23(38-22)21(27)28/h1-10,19-21,36H,11H2/t19-,20+/m1/s1. The summed E-state index contributed by atoms with van der Waals surface area (Å²) in [6, 6.07) is 9.85. The number of carbonyl (C=O) groups is 1. The molecule has 1 aliphatic heterocycles. The highest BCUT2D eigenvalue weighted by molar-refractivity contribution is 5.99. The summed E-state index contributed by atoms with van der Waals surface area (Å²) in [5.41, 5.74) is 0.0182. The summed E-state index contributed by atoms with van der Waals surface area (Å²) in [6.45, 7) is -0.0372. The second-order valence-electron chi connectivity index (χ2n) is 8.47. The van der Waals surface area contributed by atoms with Crippen LogP contribution >= 0.6 is 0 Å². The maximum Gasteiger partial charge on any atom is 0.433 e. The Hall–Kier alpha value is -4.26. The second-order valence-corrected chi connectivity index (χ2v) is 8.47. The number of pyridine rings is 1. The molecular weight excluding hydrogens is 518 g/mol. The Morgan fingerprint density at radius 3 is 2.29 bits per heavy atom. The molecule has 0 fully saturated rings. The Labute approximate surface area is 210 Å². The van der Waals surface area contributed by atoms with Gasteiger partial charge in [0.1, 0.15) is 17.6 Å². The Morgan fingerprint density at radius 1 is 0.974 bits per heavy atom. The smallest absolute Gasteiger partial charge is 0.415 e. The van der Waals surface area contributed by atoms with Gasteiger partial charge in [-0.2, -0.15) is 22.0 Å². The molecule has 38 heavy (non-hydrogen) atoms. The Bertz CT molecular complexity index is 1470. The molecule has 0 bridgehead atoms. The highest BCUT2D eigenvalue weighted by Crippen LogP contribution is 2.41. The van der Waals surface area contributed by atoms with E-state index in [2.05, 4.69) is 15.2 Å². The largest absolute Gasteiger partial charge is 0.433 e. The number of rotatable bonds is 6. The lowest BCUT2D eigenvalue weighted by Crippen LogP contribution is -2.33. The maximum atomic E-state index is 13.5.